The largest absolute Gasteiger partial charge is 0.480 e. The van der Waals surface area contributed by atoms with Gasteiger partial charge in [0.25, 0.3) is 10.0 Å². The van der Waals surface area contributed by atoms with Crippen molar-refractivity contribution in [1.82, 2.24) is 0 Å². The number of aliphatic carboxylic acids is 1. The number of sulfonamides is 1. The first-order valence-electron chi connectivity index (χ1n) is 7.19. The topological polar surface area (TPSA) is 104 Å². The highest BCUT2D eigenvalue weighted by Gasteiger charge is 2.29. The van der Waals surface area contributed by atoms with Crippen molar-refractivity contribution in [3.8, 4) is 0 Å². The summed E-state index contributed by atoms with van der Waals surface area (Å²) in [7, 11) is -4.24. The lowest BCUT2D eigenvalue weighted by molar-refractivity contribution is -0.135. The molecule has 0 saturated heterocycles. The number of hydrogen-bond donors (Lipinski definition) is 2. The van der Waals surface area contributed by atoms with Gasteiger partial charge in [-0.05, 0) is 36.4 Å². The number of anilines is 2. The highest BCUT2D eigenvalue weighted by molar-refractivity contribution is 7.92. The molecule has 26 heavy (non-hydrogen) atoms. The molecule has 0 spiro atoms. The summed E-state index contributed by atoms with van der Waals surface area (Å²) in [6.45, 7) is 0.482. The van der Waals surface area contributed by atoms with Gasteiger partial charge in [0.05, 0.1) is 20.6 Å². The first kappa shape index (κ1) is 20.0. The molecule has 2 N–H and O–H groups in total. The van der Waals surface area contributed by atoms with Crippen LogP contribution in [0, 0.1) is 0 Å². The lowest BCUT2D eigenvalue weighted by Crippen LogP contribution is -2.36. The van der Waals surface area contributed by atoms with Crippen molar-refractivity contribution < 1.29 is 23.1 Å². The smallest absolute Gasteiger partial charge is 0.324 e. The summed E-state index contributed by atoms with van der Waals surface area (Å²) in [5.41, 5.74) is 0.356. The number of rotatable bonds is 6. The molecule has 0 aliphatic heterocycles. The second-order valence-corrected chi connectivity index (χ2v) is 7.83. The minimum atomic E-state index is -4.24. The van der Waals surface area contributed by atoms with Crippen molar-refractivity contribution in [1.29, 1.82) is 0 Å². The normalized spacial score (nSPS) is 11.0. The number of hydrogen-bond acceptors (Lipinski definition) is 4. The van der Waals surface area contributed by atoms with Crippen molar-refractivity contribution in [2.24, 2.45) is 0 Å². The number of nitrogens with one attached hydrogen (secondary N) is 1. The van der Waals surface area contributed by atoms with E-state index in [4.69, 9.17) is 28.3 Å². The standard InChI is InChI=1S/C16H14Cl2N2O5S/c1-10(21)19-11-5-7-12(8-6-11)26(24,25)20(9-15(22)23)14-4-2-3-13(17)16(14)18/h2-8H,9H2,1H3,(H,19,21)(H,22,23). The summed E-state index contributed by atoms with van der Waals surface area (Å²) in [5, 5.41) is 11.7. The van der Waals surface area contributed by atoms with E-state index < -0.39 is 22.5 Å². The van der Waals surface area contributed by atoms with E-state index >= 15 is 0 Å². The van der Waals surface area contributed by atoms with Crippen LogP contribution in [0.1, 0.15) is 6.92 Å². The Bertz CT molecular complexity index is 946. The highest BCUT2D eigenvalue weighted by Crippen LogP contribution is 2.35. The van der Waals surface area contributed by atoms with E-state index in [2.05, 4.69) is 5.32 Å². The molecule has 2 aromatic rings. The fraction of sp³-hybridized carbons (Fsp3) is 0.125. The number of halogens is 2. The molecular formula is C16H14Cl2N2O5S. The maximum Gasteiger partial charge on any atom is 0.324 e. The third kappa shape index (κ3) is 4.46. The van der Waals surface area contributed by atoms with Crippen molar-refractivity contribution in [2.45, 2.75) is 11.8 Å². The van der Waals surface area contributed by atoms with Gasteiger partial charge < -0.3 is 10.4 Å². The molecule has 0 heterocycles. The third-order valence-corrected chi connectivity index (χ3v) is 5.82. The Morgan fingerprint density at radius 2 is 1.73 bits per heavy atom. The zero-order chi connectivity index (χ0) is 19.5. The van der Waals surface area contributed by atoms with Crippen molar-refractivity contribution >= 4 is 56.5 Å². The summed E-state index contributed by atoms with van der Waals surface area (Å²) >= 11 is 12.0. The molecule has 7 nitrogen and oxygen atoms in total. The SMILES string of the molecule is CC(=O)Nc1ccc(S(=O)(=O)N(CC(=O)O)c2cccc(Cl)c2Cl)cc1. The van der Waals surface area contributed by atoms with Crippen LogP contribution in [-0.2, 0) is 19.6 Å². The second-order valence-electron chi connectivity index (χ2n) is 5.18. The molecule has 0 unspecified atom stereocenters. The summed E-state index contributed by atoms with van der Waals surface area (Å²) in [6, 6.07) is 9.59. The first-order valence-corrected chi connectivity index (χ1v) is 9.38. The van der Waals surface area contributed by atoms with Crippen molar-refractivity contribution in [3.05, 3.63) is 52.5 Å². The average Bonchev–Trinajstić information content (AvgIpc) is 2.55. The molecule has 0 aromatic heterocycles. The summed E-state index contributed by atoms with van der Waals surface area (Å²) in [5.74, 6) is -1.67. The molecule has 0 radical (unpaired) electrons. The Balaban J connectivity index is 2.51. The van der Waals surface area contributed by atoms with Gasteiger partial charge in [0.1, 0.15) is 6.54 Å². The fourth-order valence-electron chi connectivity index (χ4n) is 2.15. The number of carboxylic acids is 1. The van der Waals surface area contributed by atoms with E-state index in [1.807, 2.05) is 0 Å². The van der Waals surface area contributed by atoms with Crippen LogP contribution >= 0.6 is 23.2 Å². The molecule has 0 saturated carbocycles. The van der Waals surface area contributed by atoms with Crippen LogP contribution in [0.3, 0.4) is 0 Å². The van der Waals surface area contributed by atoms with Gasteiger partial charge in [0.2, 0.25) is 5.91 Å². The van der Waals surface area contributed by atoms with Gasteiger partial charge in [-0.2, -0.15) is 0 Å². The van der Waals surface area contributed by atoms with Crippen molar-refractivity contribution in [2.75, 3.05) is 16.2 Å². The summed E-state index contributed by atoms with van der Waals surface area (Å²) < 4.78 is 26.5. The highest BCUT2D eigenvalue weighted by atomic mass is 35.5. The van der Waals surface area contributed by atoms with Crippen LogP contribution in [-0.4, -0.2) is 31.9 Å². The summed E-state index contributed by atoms with van der Waals surface area (Å²) in [6.07, 6.45) is 0. The quantitative estimate of drug-likeness (QED) is 0.751. The number of amides is 1. The van der Waals surface area contributed by atoms with Gasteiger partial charge >= 0.3 is 5.97 Å². The van der Waals surface area contributed by atoms with Crippen molar-refractivity contribution in [3.63, 3.8) is 0 Å². The number of nitrogens with zero attached hydrogens (tertiary/aromatic N) is 1. The molecule has 0 aliphatic rings. The molecule has 10 heteroatoms. The molecule has 0 atom stereocenters. The van der Waals surface area contributed by atoms with E-state index in [0.29, 0.717) is 9.99 Å². The molecule has 0 bridgehead atoms. The molecule has 2 rings (SSSR count). The van der Waals surface area contributed by atoms with Gasteiger partial charge in [-0.1, -0.05) is 29.3 Å². The van der Waals surface area contributed by atoms with E-state index in [1.165, 1.54) is 49.4 Å². The lowest BCUT2D eigenvalue weighted by Gasteiger charge is -2.24. The number of carbonyl (C=O) groups is 2. The van der Waals surface area contributed by atoms with Crippen LogP contribution in [0.15, 0.2) is 47.4 Å². The Kier molecular flexibility index (Phi) is 6.12. The minimum Gasteiger partial charge on any atom is -0.480 e. The second kappa shape index (κ2) is 7.94. The Morgan fingerprint density at radius 3 is 2.27 bits per heavy atom. The maximum atomic E-state index is 12.9. The minimum absolute atomic E-state index is 0.0486. The van der Waals surface area contributed by atoms with Gasteiger partial charge in [0.15, 0.2) is 0 Å². The predicted octanol–water partition coefficient (Wildman–Crippen LogP) is 3.23. The molecule has 0 aliphatic carbocycles. The van der Waals surface area contributed by atoms with E-state index in [1.54, 1.807) is 0 Å². The van der Waals surface area contributed by atoms with Crippen LogP contribution < -0.4 is 9.62 Å². The number of benzene rings is 2. The number of carboxylic acid groups (broad SMARTS) is 1. The monoisotopic (exact) mass is 416 g/mol. The Labute approximate surface area is 160 Å². The first-order chi connectivity index (χ1) is 12.1. The average molecular weight is 417 g/mol. The molecular weight excluding hydrogens is 403 g/mol. The number of carbonyl (C=O) groups excluding carboxylic acids is 1. The molecule has 0 fully saturated rings. The Morgan fingerprint density at radius 1 is 1.12 bits per heavy atom. The van der Waals surface area contributed by atoms with Gasteiger partial charge in [-0.25, -0.2) is 8.42 Å². The summed E-state index contributed by atoms with van der Waals surface area (Å²) in [4.78, 5) is 22.1. The Hall–Kier alpha value is -2.29. The van der Waals surface area contributed by atoms with Gasteiger partial charge in [0, 0.05) is 12.6 Å². The predicted molar refractivity (Wildman–Crippen MR) is 99.4 cm³/mol. The molecule has 1 amide bonds. The van der Waals surface area contributed by atoms with E-state index in [-0.39, 0.29) is 26.5 Å². The lowest BCUT2D eigenvalue weighted by atomic mass is 10.3. The maximum absolute atomic E-state index is 12.9. The molecule has 2 aromatic carbocycles. The van der Waals surface area contributed by atoms with Crippen LogP contribution in [0.25, 0.3) is 0 Å². The van der Waals surface area contributed by atoms with Crippen LogP contribution in [0.5, 0.6) is 0 Å². The third-order valence-electron chi connectivity index (χ3n) is 3.24. The zero-order valence-corrected chi connectivity index (χ0v) is 15.8. The van der Waals surface area contributed by atoms with Crippen LogP contribution in [0.2, 0.25) is 10.0 Å². The molecule has 138 valence electrons. The van der Waals surface area contributed by atoms with E-state index in [0.717, 1.165) is 0 Å². The van der Waals surface area contributed by atoms with Gasteiger partial charge in [-0.15, -0.1) is 0 Å². The van der Waals surface area contributed by atoms with Crippen LogP contribution in [0.4, 0.5) is 11.4 Å². The zero-order valence-electron chi connectivity index (χ0n) is 13.4. The van der Waals surface area contributed by atoms with E-state index in [9.17, 15) is 18.0 Å². The fourth-order valence-corrected chi connectivity index (χ4v) is 4.02. The van der Waals surface area contributed by atoms with Gasteiger partial charge in [-0.3, -0.25) is 13.9 Å².